The summed E-state index contributed by atoms with van der Waals surface area (Å²) in [5, 5.41) is 2.97. The Morgan fingerprint density at radius 3 is 2.24 bits per heavy atom. The minimum Gasteiger partial charge on any atom is -0.370 e. The van der Waals surface area contributed by atoms with Crippen LogP contribution < -0.4 is 11.1 Å². The van der Waals surface area contributed by atoms with Gasteiger partial charge >= 0.3 is 0 Å². The van der Waals surface area contributed by atoms with Crippen molar-refractivity contribution in [2.45, 2.75) is 25.8 Å². The van der Waals surface area contributed by atoms with E-state index in [0.717, 1.165) is 5.56 Å². The molecule has 0 aromatic heterocycles. The first kappa shape index (κ1) is 15.0. The first-order valence-corrected chi connectivity index (χ1v) is 6.88. The molecule has 2 aromatic rings. The Bertz CT molecular complexity index is 623. The third kappa shape index (κ3) is 3.81. The van der Waals surface area contributed by atoms with Gasteiger partial charge in [0.15, 0.2) is 0 Å². The van der Waals surface area contributed by atoms with E-state index >= 15 is 0 Å². The van der Waals surface area contributed by atoms with Crippen molar-refractivity contribution in [1.82, 2.24) is 0 Å². The number of anilines is 1. The molecule has 1 atom stereocenters. The zero-order chi connectivity index (χ0) is 15.4. The fraction of sp³-hybridized carbons (Fsp3) is 0.235. The van der Waals surface area contributed by atoms with E-state index in [1.165, 1.54) is 17.7 Å². The lowest BCUT2D eigenvalue weighted by Gasteiger charge is -2.18. The van der Waals surface area contributed by atoms with Gasteiger partial charge in [0, 0.05) is 5.69 Å². The van der Waals surface area contributed by atoms with E-state index in [4.69, 9.17) is 5.73 Å². The second kappa shape index (κ2) is 6.39. The lowest BCUT2D eigenvalue weighted by atomic mass is 9.98. The standard InChI is InChI=1S/C17H19FN2O/c1-11(2)12-6-8-13(9-7-12)16(17(19)21)20-15-5-3-4-14(18)10-15/h3-11,16,20H,1-2H3,(H2,19,21). The van der Waals surface area contributed by atoms with Crippen LogP contribution in [0, 0.1) is 5.82 Å². The average Bonchev–Trinajstić information content (AvgIpc) is 2.44. The molecular formula is C17H19FN2O. The van der Waals surface area contributed by atoms with Crippen LogP contribution in [0.2, 0.25) is 0 Å². The third-order valence-electron chi connectivity index (χ3n) is 3.36. The number of carbonyl (C=O) groups is 1. The highest BCUT2D eigenvalue weighted by atomic mass is 19.1. The quantitative estimate of drug-likeness (QED) is 0.882. The van der Waals surface area contributed by atoms with Gasteiger partial charge in [-0.15, -0.1) is 0 Å². The van der Waals surface area contributed by atoms with Gasteiger partial charge in [-0.1, -0.05) is 44.2 Å². The summed E-state index contributed by atoms with van der Waals surface area (Å²) in [7, 11) is 0. The minimum atomic E-state index is -0.687. The summed E-state index contributed by atoms with van der Waals surface area (Å²) in [6.45, 7) is 4.21. The molecule has 4 heteroatoms. The van der Waals surface area contributed by atoms with Crippen LogP contribution >= 0.6 is 0 Å². The van der Waals surface area contributed by atoms with Crippen molar-refractivity contribution in [1.29, 1.82) is 0 Å². The van der Waals surface area contributed by atoms with Crippen LogP contribution in [0.15, 0.2) is 48.5 Å². The Kier molecular flexibility index (Phi) is 4.58. The number of hydrogen-bond donors (Lipinski definition) is 2. The Morgan fingerprint density at radius 1 is 1.10 bits per heavy atom. The van der Waals surface area contributed by atoms with Gasteiger partial charge in [-0.3, -0.25) is 4.79 Å². The summed E-state index contributed by atoms with van der Waals surface area (Å²) in [6.07, 6.45) is 0. The first-order chi connectivity index (χ1) is 9.97. The van der Waals surface area contributed by atoms with Crippen LogP contribution in [0.5, 0.6) is 0 Å². The number of hydrogen-bond acceptors (Lipinski definition) is 2. The van der Waals surface area contributed by atoms with Crippen molar-refractivity contribution in [2.75, 3.05) is 5.32 Å². The molecule has 0 aliphatic carbocycles. The van der Waals surface area contributed by atoms with Gasteiger partial charge in [0.2, 0.25) is 5.91 Å². The number of nitrogens with two attached hydrogens (primary N) is 1. The molecule has 3 N–H and O–H groups in total. The molecule has 1 unspecified atom stereocenters. The third-order valence-corrected chi connectivity index (χ3v) is 3.36. The van der Waals surface area contributed by atoms with E-state index in [2.05, 4.69) is 19.2 Å². The molecule has 0 heterocycles. The molecular weight excluding hydrogens is 267 g/mol. The van der Waals surface area contributed by atoms with Gasteiger partial charge in [0.1, 0.15) is 11.9 Å². The maximum absolute atomic E-state index is 13.2. The number of benzene rings is 2. The summed E-state index contributed by atoms with van der Waals surface area (Å²) in [6, 6.07) is 13.0. The van der Waals surface area contributed by atoms with Crippen LogP contribution in [0.25, 0.3) is 0 Å². The zero-order valence-electron chi connectivity index (χ0n) is 12.1. The van der Waals surface area contributed by atoms with E-state index in [1.807, 2.05) is 24.3 Å². The fourth-order valence-corrected chi connectivity index (χ4v) is 2.14. The summed E-state index contributed by atoms with van der Waals surface area (Å²) >= 11 is 0. The zero-order valence-corrected chi connectivity index (χ0v) is 12.1. The molecule has 1 amide bonds. The molecule has 0 aliphatic rings. The van der Waals surface area contributed by atoms with Crippen LogP contribution in [0.4, 0.5) is 10.1 Å². The number of carbonyl (C=O) groups excluding carboxylic acids is 1. The SMILES string of the molecule is CC(C)c1ccc(C(Nc2cccc(F)c2)C(N)=O)cc1. The topological polar surface area (TPSA) is 55.1 Å². The molecule has 0 saturated carbocycles. The van der Waals surface area contributed by atoms with Crippen LogP contribution in [-0.4, -0.2) is 5.91 Å². The van der Waals surface area contributed by atoms with Gasteiger partial charge in [0.25, 0.3) is 0 Å². The lowest BCUT2D eigenvalue weighted by molar-refractivity contribution is -0.118. The highest BCUT2D eigenvalue weighted by Crippen LogP contribution is 2.22. The predicted octanol–water partition coefficient (Wildman–Crippen LogP) is 3.59. The molecule has 2 rings (SSSR count). The predicted molar refractivity (Wildman–Crippen MR) is 82.5 cm³/mol. The van der Waals surface area contributed by atoms with E-state index in [-0.39, 0.29) is 5.82 Å². The van der Waals surface area contributed by atoms with Crippen molar-refractivity contribution >= 4 is 11.6 Å². The van der Waals surface area contributed by atoms with Crippen molar-refractivity contribution in [3.63, 3.8) is 0 Å². The number of rotatable bonds is 5. The molecule has 0 saturated heterocycles. The molecule has 0 spiro atoms. The Morgan fingerprint density at radius 2 is 1.71 bits per heavy atom. The number of primary amides is 1. The maximum Gasteiger partial charge on any atom is 0.244 e. The van der Waals surface area contributed by atoms with Crippen LogP contribution in [0.1, 0.15) is 36.9 Å². The molecule has 0 fully saturated rings. The van der Waals surface area contributed by atoms with Crippen molar-refractivity contribution < 1.29 is 9.18 Å². The number of halogens is 1. The number of nitrogens with one attached hydrogen (secondary N) is 1. The van der Waals surface area contributed by atoms with Crippen LogP contribution in [0.3, 0.4) is 0 Å². The fourth-order valence-electron chi connectivity index (χ4n) is 2.14. The molecule has 2 aromatic carbocycles. The van der Waals surface area contributed by atoms with Gasteiger partial charge in [-0.05, 0) is 35.2 Å². The summed E-state index contributed by atoms with van der Waals surface area (Å²) < 4.78 is 13.2. The molecule has 21 heavy (non-hydrogen) atoms. The van der Waals surface area contributed by atoms with Crippen molar-refractivity contribution in [3.8, 4) is 0 Å². The Hall–Kier alpha value is -2.36. The summed E-state index contributed by atoms with van der Waals surface area (Å²) in [5.41, 5.74) is 7.93. The average molecular weight is 286 g/mol. The van der Waals surface area contributed by atoms with E-state index < -0.39 is 11.9 Å². The largest absolute Gasteiger partial charge is 0.370 e. The van der Waals surface area contributed by atoms with Crippen LogP contribution in [-0.2, 0) is 4.79 Å². The van der Waals surface area contributed by atoms with Gasteiger partial charge in [-0.25, -0.2) is 4.39 Å². The number of amides is 1. The molecule has 0 radical (unpaired) electrons. The smallest absolute Gasteiger partial charge is 0.244 e. The monoisotopic (exact) mass is 286 g/mol. The maximum atomic E-state index is 13.2. The Balaban J connectivity index is 2.24. The second-order valence-electron chi connectivity index (χ2n) is 5.31. The van der Waals surface area contributed by atoms with Gasteiger partial charge in [-0.2, -0.15) is 0 Å². The Labute approximate surface area is 124 Å². The highest BCUT2D eigenvalue weighted by Gasteiger charge is 2.17. The van der Waals surface area contributed by atoms with E-state index in [1.54, 1.807) is 12.1 Å². The normalized spacial score (nSPS) is 12.2. The second-order valence-corrected chi connectivity index (χ2v) is 5.31. The lowest BCUT2D eigenvalue weighted by Crippen LogP contribution is -2.27. The summed E-state index contributed by atoms with van der Waals surface area (Å²) in [4.78, 5) is 11.7. The molecule has 0 bridgehead atoms. The first-order valence-electron chi connectivity index (χ1n) is 6.88. The summed E-state index contributed by atoms with van der Waals surface area (Å²) in [5.74, 6) is -0.447. The van der Waals surface area contributed by atoms with Gasteiger partial charge in [0.05, 0.1) is 0 Å². The molecule has 110 valence electrons. The van der Waals surface area contributed by atoms with E-state index in [9.17, 15) is 9.18 Å². The molecule has 0 aliphatic heterocycles. The minimum absolute atomic E-state index is 0.363. The van der Waals surface area contributed by atoms with Gasteiger partial charge < -0.3 is 11.1 Å². The highest BCUT2D eigenvalue weighted by molar-refractivity contribution is 5.84. The molecule has 3 nitrogen and oxygen atoms in total. The van der Waals surface area contributed by atoms with Crippen molar-refractivity contribution in [3.05, 3.63) is 65.5 Å². The van der Waals surface area contributed by atoms with E-state index in [0.29, 0.717) is 11.6 Å². The van der Waals surface area contributed by atoms with Crippen molar-refractivity contribution in [2.24, 2.45) is 5.73 Å².